The number of anilines is 2. The van der Waals surface area contributed by atoms with Gasteiger partial charge in [-0.1, -0.05) is 6.92 Å². The zero-order valence-corrected chi connectivity index (χ0v) is 11.9. The van der Waals surface area contributed by atoms with Crippen molar-refractivity contribution in [2.75, 3.05) is 37.4 Å². The van der Waals surface area contributed by atoms with Gasteiger partial charge in [-0.25, -0.2) is 9.78 Å². The Morgan fingerprint density at radius 2 is 2.26 bits per heavy atom. The van der Waals surface area contributed by atoms with Crippen LogP contribution in [-0.4, -0.2) is 43.1 Å². The molecule has 0 unspecified atom stereocenters. The number of hydrogen-bond donors (Lipinski definition) is 1. The van der Waals surface area contributed by atoms with Crippen molar-refractivity contribution in [2.45, 2.75) is 19.8 Å². The number of piperidine rings is 1. The Bertz CT molecular complexity index is 430. The number of rotatable bonds is 2. The van der Waals surface area contributed by atoms with E-state index in [9.17, 15) is 4.79 Å². The smallest absolute Gasteiger partial charge is 0.321 e. The van der Waals surface area contributed by atoms with Crippen LogP contribution < -0.4 is 10.2 Å². The van der Waals surface area contributed by atoms with Crippen molar-refractivity contribution in [1.29, 1.82) is 0 Å². The summed E-state index contributed by atoms with van der Waals surface area (Å²) in [5.41, 5.74) is 0.744. The van der Waals surface area contributed by atoms with Crippen molar-refractivity contribution in [1.82, 2.24) is 9.88 Å². The second kappa shape index (κ2) is 5.91. The molecule has 0 spiro atoms. The topological polar surface area (TPSA) is 48.5 Å². The summed E-state index contributed by atoms with van der Waals surface area (Å²) in [5.74, 6) is 1.47. The van der Waals surface area contributed by atoms with Crippen LogP contribution in [0.4, 0.5) is 16.3 Å². The summed E-state index contributed by atoms with van der Waals surface area (Å²) in [7, 11) is 3.88. The number of carbonyl (C=O) groups is 1. The van der Waals surface area contributed by atoms with Gasteiger partial charge in [-0.15, -0.1) is 0 Å². The van der Waals surface area contributed by atoms with Crippen LogP contribution in [0.15, 0.2) is 18.3 Å². The first-order chi connectivity index (χ1) is 9.06. The Hall–Kier alpha value is -1.78. The number of nitrogens with one attached hydrogen (secondary N) is 1. The van der Waals surface area contributed by atoms with Gasteiger partial charge in [0, 0.05) is 27.2 Å². The molecule has 1 aliphatic heterocycles. The number of hydrogen-bond acceptors (Lipinski definition) is 3. The van der Waals surface area contributed by atoms with Gasteiger partial charge in [0.15, 0.2) is 0 Å². The largest absolute Gasteiger partial charge is 0.363 e. The Morgan fingerprint density at radius 1 is 1.47 bits per heavy atom. The fourth-order valence-electron chi connectivity index (χ4n) is 2.30. The van der Waals surface area contributed by atoms with E-state index in [0.717, 1.165) is 31.0 Å². The summed E-state index contributed by atoms with van der Waals surface area (Å²) in [4.78, 5) is 20.2. The van der Waals surface area contributed by atoms with Gasteiger partial charge in [0.25, 0.3) is 0 Å². The van der Waals surface area contributed by atoms with E-state index in [-0.39, 0.29) is 6.03 Å². The van der Waals surface area contributed by atoms with Gasteiger partial charge in [-0.3, -0.25) is 0 Å². The number of nitrogens with zero attached hydrogens (tertiary/aromatic N) is 3. The van der Waals surface area contributed by atoms with Crippen LogP contribution in [0, 0.1) is 5.92 Å². The minimum absolute atomic E-state index is 0.0223. The number of carbonyl (C=O) groups excluding carboxylic acids is 1. The van der Waals surface area contributed by atoms with Crippen molar-refractivity contribution in [3.8, 4) is 0 Å². The number of likely N-dealkylation sites (tertiary alicyclic amines) is 1. The van der Waals surface area contributed by atoms with Crippen molar-refractivity contribution >= 4 is 17.5 Å². The highest BCUT2D eigenvalue weighted by molar-refractivity contribution is 5.89. The molecule has 1 saturated heterocycles. The first-order valence-corrected chi connectivity index (χ1v) is 6.75. The van der Waals surface area contributed by atoms with Crippen LogP contribution in [-0.2, 0) is 0 Å². The molecule has 0 radical (unpaired) electrons. The molecule has 0 aromatic carbocycles. The van der Waals surface area contributed by atoms with Crippen LogP contribution in [0.1, 0.15) is 19.8 Å². The van der Waals surface area contributed by atoms with Crippen molar-refractivity contribution in [3.05, 3.63) is 18.3 Å². The van der Waals surface area contributed by atoms with Gasteiger partial charge in [0.2, 0.25) is 0 Å². The molecular weight excluding hydrogens is 240 g/mol. The maximum absolute atomic E-state index is 12.1. The molecule has 1 N–H and O–H groups in total. The average molecular weight is 262 g/mol. The Morgan fingerprint density at radius 3 is 2.84 bits per heavy atom. The van der Waals surface area contributed by atoms with Gasteiger partial charge >= 0.3 is 6.03 Å². The second-order valence-corrected chi connectivity index (χ2v) is 5.42. The molecule has 1 aromatic heterocycles. The molecular formula is C14H22N4O. The lowest BCUT2D eigenvalue weighted by Gasteiger charge is -2.30. The molecule has 104 valence electrons. The van der Waals surface area contributed by atoms with Crippen molar-refractivity contribution < 1.29 is 4.79 Å². The highest BCUT2D eigenvalue weighted by Crippen LogP contribution is 2.17. The van der Waals surface area contributed by atoms with Crippen LogP contribution in [0.25, 0.3) is 0 Å². The number of amides is 2. The number of aromatic nitrogens is 1. The molecule has 5 nitrogen and oxygen atoms in total. The van der Waals surface area contributed by atoms with E-state index in [1.165, 1.54) is 6.42 Å². The number of pyridine rings is 1. The second-order valence-electron chi connectivity index (χ2n) is 5.42. The third-order valence-electron chi connectivity index (χ3n) is 3.40. The molecule has 0 saturated carbocycles. The lowest BCUT2D eigenvalue weighted by atomic mass is 10.0. The highest BCUT2D eigenvalue weighted by atomic mass is 16.2. The Labute approximate surface area is 114 Å². The van der Waals surface area contributed by atoms with E-state index in [0.29, 0.717) is 5.92 Å². The molecule has 1 aliphatic rings. The first-order valence-electron chi connectivity index (χ1n) is 6.75. The summed E-state index contributed by atoms with van der Waals surface area (Å²) in [6.45, 7) is 3.88. The SMILES string of the molecule is C[C@@H]1CCCN(C(=O)Nc2ccc(N(C)C)nc2)C1. The predicted octanol–water partition coefficient (Wildman–Crippen LogP) is 2.41. The molecule has 0 bridgehead atoms. The minimum atomic E-state index is -0.0223. The Balaban J connectivity index is 1.94. The normalized spacial score (nSPS) is 19.1. The maximum Gasteiger partial charge on any atom is 0.321 e. The van der Waals surface area contributed by atoms with Crippen LogP contribution in [0.3, 0.4) is 0 Å². The lowest BCUT2D eigenvalue weighted by molar-refractivity contribution is 0.182. The van der Waals surface area contributed by atoms with Gasteiger partial charge in [-0.05, 0) is 30.9 Å². The first kappa shape index (κ1) is 13.6. The average Bonchev–Trinajstić information content (AvgIpc) is 2.39. The van der Waals surface area contributed by atoms with Gasteiger partial charge in [0.05, 0.1) is 11.9 Å². The minimum Gasteiger partial charge on any atom is -0.363 e. The Kier molecular flexibility index (Phi) is 4.24. The molecule has 1 fully saturated rings. The molecule has 2 amide bonds. The van der Waals surface area contributed by atoms with Gasteiger partial charge in [-0.2, -0.15) is 0 Å². The molecule has 2 rings (SSSR count). The molecule has 1 atom stereocenters. The quantitative estimate of drug-likeness (QED) is 0.890. The van der Waals surface area contributed by atoms with E-state index < -0.39 is 0 Å². The zero-order chi connectivity index (χ0) is 13.8. The van der Waals surface area contributed by atoms with Crippen LogP contribution >= 0.6 is 0 Å². The van der Waals surface area contributed by atoms with Crippen LogP contribution in [0.5, 0.6) is 0 Å². The van der Waals surface area contributed by atoms with E-state index in [1.807, 2.05) is 36.0 Å². The fraction of sp³-hybridized carbons (Fsp3) is 0.571. The molecule has 0 aliphatic carbocycles. The third-order valence-corrected chi connectivity index (χ3v) is 3.40. The maximum atomic E-state index is 12.1. The van der Waals surface area contributed by atoms with Crippen molar-refractivity contribution in [2.24, 2.45) is 5.92 Å². The van der Waals surface area contributed by atoms with Crippen LogP contribution in [0.2, 0.25) is 0 Å². The fourth-order valence-corrected chi connectivity index (χ4v) is 2.30. The van der Waals surface area contributed by atoms with E-state index >= 15 is 0 Å². The van der Waals surface area contributed by atoms with E-state index in [4.69, 9.17) is 0 Å². The highest BCUT2D eigenvalue weighted by Gasteiger charge is 2.20. The zero-order valence-electron chi connectivity index (χ0n) is 11.9. The number of urea groups is 1. The van der Waals surface area contributed by atoms with Crippen molar-refractivity contribution in [3.63, 3.8) is 0 Å². The monoisotopic (exact) mass is 262 g/mol. The van der Waals surface area contributed by atoms with E-state index in [2.05, 4.69) is 17.2 Å². The molecule has 5 heteroatoms. The van der Waals surface area contributed by atoms with Gasteiger partial charge in [0.1, 0.15) is 5.82 Å². The lowest BCUT2D eigenvalue weighted by Crippen LogP contribution is -2.41. The predicted molar refractivity (Wildman–Crippen MR) is 77.6 cm³/mol. The molecule has 1 aromatic rings. The summed E-state index contributed by atoms with van der Waals surface area (Å²) < 4.78 is 0. The summed E-state index contributed by atoms with van der Waals surface area (Å²) in [6.07, 6.45) is 4.00. The standard InChI is InChI=1S/C14H22N4O/c1-11-5-4-8-18(10-11)14(19)16-12-6-7-13(15-9-12)17(2)3/h6-7,9,11H,4-5,8,10H2,1-3H3,(H,16,19)/t11-/m1/s1. The summed E-state index contributed by atoms with van der Waals surface area (Å²) >= 11 is 0. The van der Waals surface area contributed by atoms with Gasteiger partial charge < -0.3 is 15.1 Å². The third kappa shape index (κ3) is 3.59. The molecule has 19 heavy (non-hydrogen) atoms. The summed E-state index contributed by atoms with van der Waals surface area (Å²) in [5, 5.41) is 2.90. The molecule has 2 heterocycles. The summed E-state index contributed by atoms with van der Waals surface area (Å²) in [6, 6.07) is 3.76. The van der Waals surface area contributed by atoms with E-state index in [1.54, 1.807) is 6.20 Å².